The third-order valence-electron chi connectivity index (χ3n) is 3.83. The van der Waals surface area contributed by atoms with Crippen LogP contribution in [0.4, 0.5) is 11.4 Å². The van der Waals surface area contributed by atoms with E-state index in [0.717, 1.165) is 24.3 Å². The molecule has 2 rings (SSSR count). The van der Waals surface area contributed by atoms with Crippen molar-refractivity contribution in [2.75, 3.05) is 5.32 Å². The number of nitrogens with zero attached hydrogens (tertiary/aromatic N) is 1. The van der Waals surface area contributed by atoms with Crippen LogP contribution in [0.15, 0.2) is 18.2 Å². The molecule has 0 bridgehead atoms. The Morgan fingerprint density at radius 2 is 2.22 bits per heavy atom. The van der Waals surface area contributed by atoms with E-state index in [-0.39, 0.29) is 10.6 Å². The monoisotopic (exact) mass is 248 g/mol. The lowest BCUT2D eigenvalue weighted by Crippen LogP contribution is -2.16. The van der Waals surface area contributed by atoms with Gasteiger partial charge in [0.05, 0.1) is 4.92 Å². The molecule has 1 aromatic carbocycles. The average Bonchev–Trinajstić information content (AvgIpc) is 2.79. The molecule has 18 heavy (non-hydrogen) atoms. The molecule has 1 aromatic rings. The summed E-state index contributed by atoms with van der Waals surface area (Å²) in [5, 5.41) is 14.4. The van der Waals surface area contributed by atoms with Crippen LogP contribution in [0.5, 0.6) is 0 Å². The summed E-state index contributed by atoms with van der Waals surface area (Å²) in [7, 11) is 0. The van der Waals surface area contributed by atoms with Crippen LogP contribution in [0.1, 0.15) is 38.2 Å². The third-order valence-corrected chi connectivity index (χ3v) is 3.83. The van der Waals surface area contributed by atoms with Crippen molar-refractivity contribution in [2.45, 2.75) is 45.6 Å². The number of hydrogen-bond donors (Lipinski definition) is 1. The fourth-order valence-electron chi connectivity index (χ4n) is 2.71. The van der Waals surface area contributed by atoms with Gasteiger partial charge in [-0.25, -0.2) is 0 Å². The van der Waals surface area contributed by atoms with Gasteiger partial charge in [-0.2, -0.15) is 0 Å². The summed E-state index contributed by atoms with van der Waals surface area (Å²) < 4.78 is 0. The number of aryl methyl sites for hydroxylation is 1. The van der Waals surface area contributed by atoms with E-state index in [1.54, 1.807) is 6.07 Å². The number of anilines is 1. The van der Waals surface area contributed by atoms with Gasteiger partial charge >= 0.3 is 0 Å². The van der Waals surface area contributed by atoms with Gasteiger partial charge in [-0.05, 0) is 43.7 Å². The Balaban J connectivity index is 2.12. The lowest BCUT2D eigenvalue weighted by molar-refractivity contribution is -0.384. The molecule has 0 aromatic heterocycles. The maximum absolute atomic E-state index is 11.0. The molecule has 0 saturated heterocycles. The maximum atomic E-state index is 11.0. The first-order valence-electron chi connectivity index (χ1n) is 6.61. The minimum absolute atomic E-state index is 0.190. The smallest absolute Gasteiger partial charge is 0.292 e. The van der Waals surface area contributed by atoms with Gasteiger partial charge in [0.2, 0.25) is 0 Å². The third kappa shape index (κ3) is 2.81. The van der Waals surface area contributed by atoms with Gasteiger partial charge in [-0.1, -0.05) is 19.4 Å². The zero-order chi connectivity index (χ0) is 13.1. The molecular formula is C14H20N2O2. The SMILES string of the molecule is CCC1CCC(Nc2ccc(C)cc2[N+](=O)[O-])C1. The zero-order valence-corrected chi connectivity index (χ0v) is 11.0. The van der Waals surface area contributed by atoms with Crippen LogP contribution < -0.4 is 5.32 Å². The van der Waals surface area contributed by atoms with Gasteiger partial charge in [0.1, 0.15) is 5.69 Å². The summed E-state index contributed by atoms with van der Waals surface area (Å²) in [6.45, 7) is 4.08. The van der Waals surface area contributed by atoms with Crippen LogP contribution in [-0.4, -0.2) is 11.0 Å². The van der Waals surface area contributed by atoms with E-state index in [9.17, 15) is 10.1 Å². The molecule has 0 aliphatic heterocycles. The van der Waals surface area contributed by atoms with Crippen molar-refractivity contribution in [3.05, 3.63) is 33.9 Å². The first-order valence-corrected chi connectivity index (χ1v) is 6.61. The highest BCUT2D eigenvalue weighted by molar-refractivity contribution is 5.63. The van der Waals surface area contributed by atoms with Gasteiger partial charge in [0, 0.05) is 12.1 Å². The fraction of sp³-hybridized carbons (Fsp3) is 0.571. The van der Waals surface area contributed by atoms with Crippen molar-refractivity contribution >= 4 is 11.4 Å². The van der Waals surface area contributed by atoms with Crippen molar-refractivity contribution in [3.63, 3.8) is 0 Å². The second-order valence-electron chi connectivity index (χ2n) is 5.21. The zero-order valence-electron chi connectivity index (χ0n) is 11.0. The standard InChI is InChI=1S/C14H20N2O2/c1-3-11-5-6-12(9-11)15-13-7-4-10(2)8-14(13)16(17)18/h4,7-8,11-12,15H,3,5-6,9H2,1-2H3. The molecule has 0 radical (unpaired) electrons. The van der Waals surface area contributed by atoms with E-state index in [1.807, 2.05) is 19.1 Å². The summed E-state index contributed by atoms with van der Waals surface area (Å²) >= 11 is 0. The van der Waals surface area contributed by atoms with E-state index in [2.05, 4.69) is 12.2 Å². The van der Waals surface area contributed by atoms with E-state index in [1.165, 1.54) is 12.8 Å². The van der Waals surface area contributed by atoms with Crippen molar-refractivity contribution in [3.8, 4) is 0 Å². The fourth-order valence-corrected chi connectivity index (χ4v) is 2.71. The number of nitrogens with one attached hydrogen (secondary N) is 1. The minimum atomic E-state index is -0.304. The van der Waals surface area contributed by atoms with Crippen LogP contribution in [0.25, 0.3) is 0 Å². The predicted molar refractivity (Wildman–Crippen MR) is 72.9 cm³/mol. The summed E-state index contributed by atoms with van der Waals surface area (Å²) in [5.41, 5.74) is 1.77. The van der Waals surface area contributed by atoms with Crippen molar-refractivity contribution in [2.24, 2.45) is 5.92 Å². The molecule has 1 fully saturated rings. The Hall–Kier alpha value is -1.58. The molecular weight excluding hydrogens is 228 g/mol. The number of nitro groups is 1. The Labute approximate surface area is 108 Å². The van der Waals surface area contributed by atoms with E-state index in [4.69, 9.17) is 0 Å². The summed E-state index contributed by atoms with van der Waals surface area (Å²) in [5.74, 6) is 0.770. The Morgan fingerprint density at radius 1 is 1.44 bits per heavy atom. The number of hydrogen-bond acceptors (Lipinski definition) is 3. The van der Waals surface area contributed by atoms with Crippen molar-refractivity contribution < 1.29 is 4.92 Å². The minimum Gasteiger partial charge on any atom is -0.377 e. The molecule has 1 saturated carbocycles. The van der Waals surface area contributed by atoms with E-state index >= 15 is 0 Å². The van der Waals surface area contributed by atoms with Gasteiger partial charge in [0.15, 0.2) is 0 Å². The first kappa shape index (κ1) is 12.9. The first-order chi connectivity index (χ1) is 8.60. The van der Waals surface area contributed by atoms with Gasteiger partial charge < -0.3 is 5.32 Å². The van der Waals surface area contributed by atoms with E-state index in [0.29, 0.717) is 11.7 Å². The average molecular weight is 248 g/mol. The van der Waals surface area contributed by atoms with Gasteiger partial charge in [-0.15, -0.1) is 0 Å². The van der Waals surface area contributed by atoms with Crippen LogP contribution in [-0.2, 0) is 0 Å². The topological polar surface area (TPSA) is 55.2 Å². The molecule has 2 unspecified atom stereocenters. The largest absolute Gasteiger partial charge is 0.377 e. The summed E-state index contributed by atoms with van der Waals surface area (Å²) in [6, 6.07) is 5.76. The molecule has 0 heterocycles. The Bertz CT molecular complexity index is 445. The second-order valence-corrected chi connectivity index (χ2v) is 5.21. The molecule has 1 aliphatic rings. The maximum Gasteiger partial charge on any atom is 0.292 e. The van der Waals surface area contributed by atoms with Crippen LogP contribution >= 0.6 is 0 Å². The molecule has 4 heteroatoms. The number of rotatable bonds is 4. The normalized spacial score (nSPS) is 23.0. The van der Waals surface area contributed by atoms with Crippen molar-refractivity contribution in [1.29, 1.82) is 0 Å². The highest BCUT2D eigenvalue weighted by Crippen LogP contribution is 2.33. The lowest BCUT2D eigenvalue weighted by atomic mass is 10.1. The second kappa shape index (κ2) is 5.38. The Kier molecular flexibility index (Phi) is 3.84. The molecule has 1 aliphatic carbocycles. The van der Waals surface area contributed by atoms with Crippen molar-refractivity contribution in [1.82, 2.24) is 0 Å². The van der Waals surface area contributed by atoms with Gasteiger partial charge in [-0.3, -0.25) is 10.1 Å². The highest BCUT2D eigenvalue weighted by atomic mass is 16.6. The molecule has 1 N–H and O–H groups in total. The number of nitro benzene ring substituents is 1. The van der Waals surface area contributed by atoms with Crippen LogP contribution in [0, 0.1) is 23.0 Å². The quantitative estimate of drug-likeness (QED) is 0.649. The molecule has 0 amide bonds. The lowest BCUT2D eigenvalue weighted by Gasteiger charge is -2.14. The Morgan fingerprint density at radius 3 is 2.83 bits per heavy atom. The van der Waals surface area contributed by atoms with E-state index < -0.39 is 0 Å². The summed E-state index contributed by atoms with van der Waals surface area (Å²) in [6.07, 6.45) is 4.67. The predicted octanol–water partition coefficient (Wildman–Crippen LogP) is 3.89. The molecule has 98 valence electrons. The number of benzene rings is 1. The van der Waals surface area contributed by atoms with Gasteiger partial charge in [0.25, 0.3) is 5.69 Å². The van der Waals surface area contributed by atoms with Crippen LogP contribution in [0.3, 0.4) is 0 Å². The summed E-state index contributed by atoms with van der Waals surface area (Å²) in [4.78, 5) is 10.7. The highest BCUT2D eigenvalue weighted by Gasteiger charge is 2.25. The van der Waals surface area contributed by atoms with Crippen LogP contribution in [0.2, 0.25) is 0 Å². The molecule has 4 nitrogen and oxygen atoms in total. The molecule has 2 atom stereocenters. The molecule has 0 spiro atoms.